The molecular formula is C14H25N3O. The van der Waals surface area contributed by atoms with E-state index >= 15 is 0 Å². The molecule has 1 rings (SSSR count). The van der Waals surface area contributed by atoms with Gasteiger partial charge < -0.3 is 10.5 Å². The van der Waals surface area contributed by atoms with Gasteiger partial charge in [0.15, 0.2) is 5.82 Å². The van der Waals surface area contributed by atoms with Gasteiger partial charge in [0, 0.05) is 18.1 Å². The molecule has 4 heteroatoms. The lowest BCUT2D eigenvalue weighted by Gasteiger charge is -2.21. The van der Waals surface area contributed by atoms with E-state index in [-0.39, 0.29) is 11.5 Å². The Hall–Kier alpha value is -1.16. The highest BCUT2D eigenvalue weighted by Gasteiger charge is 2.21. The van der Waals surface area contributed by atoms with Crippen LogP contribution < -0.4 is 5.73 Å². The predicted octanol–water partition coefficient (Wildman–Crippen LogP) is 3.23. The Balaban J connectivity index is 3.10. The van der Waals surface area contributed by atoms with Crippen molar-refractivity contribution >= 4 is 5.82 Å². The molecule has 2 N–H and O–H groups in total. The maximum Gasteiger partial charge on any atom is 0.159 e. The predicted molar refractivity (Wildman–Crippen MR) is 74.4 cm³/mol. The highest BCUT2D eigenvalue weighted by atomic mass is 16.5. The van der Waals surface area contributed by atoms with Gasteiger partial charge in [-0.2, -0.15) is 0 Å². The van der Waals surface area contributed by atoms with Gasteiger partial charge in [-0.25, -0.2) is 9.97 Å². The van der Waals surface area contributed by atoms with Crippen molar-refractivity contribution in [2.75, 3.05) is 12.3 Å². The molecule has 1 heterocycles. The van der Waals surface area contributed by atoms with E-state index in [0.29, 0.717) is 18.2 Å². The number of nitrogens with zero attached hydrogens (tertiary/aromatic N) is 2. The first-order valence-corrected chi connectivity index (χ1v) is 6.65. The summed E-state index contributed by atoms with van der Waals surface area (Å²) < 4.78 is 5.71. The summed E-state index contributed by atoms with van der Waals surface area (Å²) in [5, 5.41) is 0. The fourth-order valence-electron chi connectivity index (χ4n) is 1.76. The molecule has 1 unspecified atom stereocenters. The van der Waals surface area contributed by atoms with Gasteiger partial charge in [0.25, 0.3) is 0 Å². The molecule has 1 aromatic heterocycles. The molecule has 0 saturated carbocycles. The zero-order chi connectivity index (χ0) is 13.8. The maximum atomic E-state index is 5.88. The summed E-state index contributed by atoms with van der Waals surface area (Å²) in [6.07, 6.45) is 1.90. The molecule has 0 aromatic carbocycles. The van der Waals surface area contributed by atoms with Gasteiger partial charge in [0.1, 0.15) is 11.9 Å². The fraction of sp³-hybridized carbons (Fsp3) is 0.714. The number of rotatable bonds is 5. The average Bonchev–Trinajstić information content (AvgIpc) is 2.27. The van der Waals surface area contributed by atoms with E-state index in [1.165, 1.54) is 0 Å². The van der Waals surface area contributed by atoms with E-state index in [4.69, 9.17) is 10.5 Å². The van der Waals surface area contributed by atoms with Crippen LogP contribution in [0, 0.1) is 0 Å². The topological polar surface area (TPSA) is 61.0 Å². The van der Waals surface area contributed by atoms with E-state index in [1.54, 1.807) is 0 Å². The monoisotopic (exact) mass is 251 g/mol. The minimum atomic E-state index is -0.0513. The zero-order valence-corrected chi connectivity index (χ0v) is 12.2. The van der Waals surface area contributed by atoms with Gasteiger partial charge in [-0.15, -0.1) is 0 Å². The van der Waals surface area contributed by atoms with Crippen LogP contribution in [0.1, 0.15) is 65.1 Å². The number of anilines is 1. The number of nitrogens with two attached hydrogens (primary N) is 1. The SMILES string of the molecule is CCCC(OCC)c1nc(N)cc(C(C)(C)C)n1. The van der Waals surface area contributed by atoms with Crippen LogP contribution in [0.3, 0.4) is 0 Å². The van der Waals surface area contributed by atoms with E-state index in [9.17, 15) is 0 Å². The van der Waals surface area contributed by atoms with Gasteiger partial charge in [0.2, 0.25) is 0 Å². The standard InChI is InChI=1S/C14H25N3O/c1-6-8-10(18-7-2)13-16-11(14(3,4)5)9-12(15)17-13/h9-10H,6-8H2,1-5H3,(H2,15,16,17). The van der Waals surface area contributed by atoms with Gasteiger partial charge in [-0.05, 0) is 13.3 Å². The normalized spacial score (nSPS) is 13.6. The first kappa shape index (κ1) is 14.9. The number of aromatic nitrogens is 2. The van der Waals surface area contributed by atoms with Crippen LogP contribution in [-0.4, -0.2) is 16.6 Å². The Labute approximate surface area is 110 Å². The Morgan fingerprint density at radius 2 is 1.94 bits per heavy atom. The van der Waals surface area contributed by atoms with Crippen molar-refractivity contribution in [3.63, 3.8) is 0 Å². The number of hydrogen-bond donors (Lipinski definition) is 1. The molecule has 0 radical (unpaired) electrons. The first-order chi connectivity index (χ1) is 8.38. The summed E-state index contributed by atoms with van der Waals surface area (Å²) in [6.45, 7) is 11.1. The summed E-state index contributed by atoms with van der Waals surface area (Å²) in [4.78, 5) is 8.95. The van der Waals surface area contributed by atoms with Gasteiger partial charge in [-0.3, -0.25) is 0 Å². The summed E-state index contributed by atoms with van der Waals surface area (Å²) >= 11 is 0. The van der Waals surface area contributed by atoms with Crippen molar-refractivity contribution in [2.45, 2.75) is 59.0 Å². The van der Waals surface area contributed by atoms with Crippen LogP contribution in [0.25, 0.3) is 0 Å². The molecule has 0 aliphatic carbocycles. The van der Waals surface area contributed by atoms with Crippen molar-refractivity contribution in [3.8, 4) is 0 Å². The quantitative estimate of drug-likeness (QED) is 0.872. The third-order valence-corrected chi connectivity index (χ3v) is 2.74. The molecule has 0 bridgehead atoms. The van der Waals surface area contributed by atoms with Crippen molar-refractivity contribution in [2.24, 2.45) is 0 Å². The third-order valence-electron chi connectivity index (χ3n) is 2.74. The smallest absolute Gasteiger partial charge is 0.159 e. The molecule has 0 aliphatic rings. The van der Waals surface area contributed by atoms with Crippen LogP contribution in [-0.2, 0) is 10.2 Å². The van der Waals surface area contributed by atoms with Crippen LogP contribution in [0.4, 0.5) is 5.82 Å². The first-order valence-electron chi connectivity index (χ1n) is 6.65. The highest BCUT2D eigenvalue weighted by Crippen LogP contribution is 2.25. The van der Waals surface area contributed by atoms with Gasteiger partial charge in [-0.1, -0.05) is 34.1 Å². The lowest BCUT2D eigenvalue weighted by Crippen LogP contribution is -2.18. The lowest BCUT2D eigenvalue weighted by molar-refractivity contribution is 0.0492. The molecule has 0 saturated heterocycles. The minimum Gasteiger partial charge on any atom is -0.384 e. The average molecular weight is 251 g/mol. The van der Waals surface area contributed by atoms with E-state index in [2.05, 4.69) is 37.7 Å². The van der Waals surface area contributed by atoms with Gasteiger partial charge >= 0.3 is 0 Å². The van der Waals surface area contributed by atoms with Crippen molar-refractivity contribution in [1.82, 2.24) is 9.97 Å². The fourth-order valence-corrected chi connectivity index (χ4v) is 1.76. The number of hydrogen-bond acceptors (Lipinski definition) is 4. The summed E-state index contributed by atoms with van der Waals surface area (Å²) in [5.74, 6) is 1.23. The molecule has 102 valence electrons. The van der Waals surface area contributed by atoms with Crippen LogP contribution in [0.5, 0.6) is 0 Å². The number of nitrogen functional groups attached to an aromatic ring is 1. The molecule has 1 aromatic rings. The molecule has 0 aliphatic heterocycles. The van der Waals surface area contributed by atoms with Crippen molar-refractivity contribution < 1.29 is 4.74 Å². The van der Waals surface area contributed by atoms with Gasteiger partial charge in [0.05, 0.1) is 5.69 Å². The molecule has 0 spiro atoms. The number of ether oxygens (including phenoxy) is 1. The zero-order valence-electron chi connectivity index (χ0n) is 12.2. The second-order valence-corrected chi connectivity index (χ2v) is 5.52. The van der Waals surface area contributed by atoms with E-state index in [0.717, 1.165) is 18.5 Å². The second-order valence-electron chi connectivity index (χ2n) is 5.52. The summed E-state index contributed by atoms with van der Waals surface area (Å²) in [5.41, 5.74) is 6.81. The second kappa shape index (κ2) is 6.14. The minimum absolute atomic E-state index is 0.0329. The van der Waals surface area contributed by atoms with Crippen LogP contribution in [0.2, 0.25) is 0 Å². The summed E-state index contributed by atoms with van der Waals surface area (Å²) in [6, 6.07) is 1.85. The molecule has 0 amide bonds. The Bertz CT molecular complexity index is 379. The molecule has 18 heavy (non-hydrogen) atoms. The molecular weight excluding hydrogens is 226 g/mol. The maximum absolute atomic E-state index is 5.88. The third kappa shape index (κ3) is 3.95. The molecule has 4 nitrogen and oxygen atoms in total. The molecule has 0 fully saturated rings. The van der Waals surface area contributed by atoms with Crippen LogP contribution in [0.15, 0.2) is 6.07 Å². The summed E-state index contributed by atoms with van der Waals surface area (Å²) in [7, 11) is 0. The van der Waals surface area contributed by atoms with E-state index < -0.39 is 0 Å². The van der Waals surface area contributed by atoms with Crippen molar-refractivity contribution in [3.05, 3.63) is 17.6 Å². The Morgan fingerprint density at radius 3 is 2.44 bits per heavy atom. The van der Waals surface area contributed by atoms with Crippen molar-refractivity contribution in [1.29, 1.82) is 0 Å². The molecule has 1 atom stereocenters. The Kier molecular flexibility index (Phi) is 5.08. The highest BCUT2D eigenvalue weighted by molar-refractivity contribution is 5.33. The van der Waals surface area contributed by atoms with Crippen LogP contribution >= 0.6 is 0 Å². The van der Waals surface area contributed by atoms with E-state index in [1.807, 2.05) is 13.0 Å². The largest absolute Gasteiger partial charge is 0.384 e. The Morgan fingerprint density at radius 1 is 1.28 bits per heavy atom. The lowest BCUT2D eigenvalue weighted by atomic mass is 9.92.